The summed E-state index contributed by atoms with van der Waals surface area (Å²) >= 11 is 0. The third-order valence-corrected chi connectivity index (χ3v) is 1.65. The van der Waals surface area contributed by atoms with Crippen LogP contribution in [0.15, 0.2) is 24.3 Å². The average Bonchev–Trinajstić information content (AvgIpc) is 2.18. The monoisotopic (exact) mass is 221 g/mol. The van der Waals surface area contributed by atoms with E-state index in [9.17, 15) is 13.2 Å². The van der Waals surface area contributed by atoms with Gasteiger partial charge in [-0.15, -0.1) is 0 Å². The maximum atomic E-state index is 12.1. The highest BCUT2D eigenvalue weighted by Crippen LogP contribution is 2.30. The molecule has 0 atom stereocenters. The van der Waals surface area contributed by atoms with E-state index in [1.807, 2.05) is 0 Å². The Labute approximate surface area is 84.5 Å². The highest BCUT2D eigenvalue weighted by molar-refractivity contribution is 5.28. The topological polar surface area (TPSA) is 44.5 Å². The van der Waals surface area contributed by atoms with Crippen LogP contribution in [0.25, 0.3) is 0 Å². The van der Waals surface area contributed by atoms with Crippen LogP contribution in [0.1, 0.15) is 5.56 Å². The van der Waals surface area contributed by atoms with E-state index >= 15 is 0 Å². The van der Waals surface area contributed by atoms with E-state index < -0.39 is 11.7 Å². The molecule has 0 radical (unpaired) electrons. The van der Waals surface area contributed by atoms with Gasteiger partial charge in [0.25, 0.3) is 0 Å². The summed E-state index contributed by atoms with van der Waals surface area (Å²) in [6.07, 6.45) is -4.32. The van der Waals surface area contributed by atoms with Crippen LogP contribution in [0.5, 0.6) is 5.75 Å². The van der Waals surface area contributed by atoms with Gasteiger partial charge in [0, 0.05) is 0 Å². The van der Waals surface area contributed by atoms with Crippen molar-refractivity contribution in [1.82, 2.24) is 0 Å². The molecule has 3 nitrogen and oxygen atoms in total. The molecule has 15 heavy (non-hydrogen) atoms. The first-order chi connectivity index (χ1) is 7.04. The Hall–Kier alpha value is -1.27. The molecule has 1 aromatic rings. The van der Waals surface area contributed by atoms with Crippen LogP contribution in [0.4, 0.5) is 13.2 Å². The van der Waals surface area contributed by atoms with Crippen molar-refractivity contribution in [2.24, 2.45) is 5.90 Å². The van der Waals surface area contributed by atoms with Gasteiger partial charge < -0.3 is 9.57 Å². The molecule has 0 aliphatic heterocycles. The summed E-state index contributed by atoms with van der Waals surface area (Å²) in [7, 11) is 0. The van der Waals surface area contributed by atoms with E-state index in [0.29, 0.717) is 5.75 Å². The number of benzene rings is 1. The molecule has 0 amide bonds. The predicted octanol–water partition coefficient (Wildman–Crippen LogP) is 1.97. The number of nitrogens with two attached hydrogens (primary N) is 1. The lowest BCUT2D eigenvalue weighted by Gasteiger charge is -2.08. The maximum Gasteiger partial charge on any atom is 0.416 e. The van der Waals surface area contributed by atoms with Crippen LogP contribution in [-0.2, 0) is 11.0 Å². The van der Waals surface area contributed by atoms with Gasteiger partial charge in [-0.05, 0) is 24.3 Å². The van der Waals surface area contributed by atoms with Crippen LogP contribution in [0.2, 0.25) is 0 Å². The molecule has 0 unspecified atom stereocenters. The van der Waals surface area contributed by atoms with E-state index in [1.165, 1.54) is 12.1 Å². The fourth-order valence-corrected chi connectivity index (χ4v) is 0.948. The SMILES string of the molecule is NOCCOc1ccc(C(F)(F)F)cc1. The average molecular weight is 221 g/mol. The first-order valence-corrected chi connectivity index (χ1v) is 4.16. The van der Waals surface area contributed by atoms with Crippen LogP contribution in [0, 0.1) is 0 Å². The van der Waals surface area contributed by atoms with E-state index in [2.05, 4.69) is 4.84 Å². The van der Waals surface area contributed by atoms with Crippen molar-refractivity contribution in [2.75, 3.05) is 13.2 Å². The zero-order valence-electron chi connectivity index (χ0n) is 7.75. The Morgan fingerprint density at radius 3 is 2.13 bits per heavy atom. The molecule has 0 saturated heterocycles. The third kappa shape index (κ3) is 3.77. The van der Waals surface area contributed by atoms with E-state index in [-0.39, 0.29) is 13.2 Å². The zero-order valence-corrected chi connectivity index (χ0v) is 7.75. The first kappa shape index (κ1) is 11.8. The van der Waals surface area contributed by atoms with E-state index in [4.69, 9.17) is 10.6 Å². The number of hydrogen-bond acceptors (Lipinski definition) is 3. The van der Waals surface area contributed by atoms with Gasteiger partial charge in [-0.25, -0.2) is 5.90 Å². The van der Waals surface area contributed by atoms with E-state index in [1.54, 1.807) is 0 Å². The first-order valence-electron chi connectivity index (χ1n) is 4.16. The summed E-state index contributed by atoms with van der Waals surface area (Å²) in [6.45, 7) is 0.378. The Morgan fingerprint density at radius 2 is 1.67 bits per heavy atom. The quantitative estimate of drug-likeness (QED) is 0.624. The number of hydrogen-bond donors (Lipinski definition) is 1. The molecule has 84 valence electrons. The van der Waals surface area contributed by atoms with Gasteiger partial charge in [0.1, 0.15) is 19.0 Å². The Morgan fingerprint density at radius 1 is 1.07 bits per heavy atom. The minimum Gasteiger partial charge on any atom is -0.491 e. The Balaban J connectivity index is 2.57. The molecule has 1 rings (SSSR count). The Bertz CT molecular complexity index is 297. The lowest BCUT2D eigenvalue weighted by atomic mass is 10.2. The molecular formula is C9H10F3NO2. The third-order valence-electron chi connectivity index (χ3n) is 1.65. The van der Waals surface area contributed by atoms with Crippen molar-refractivity contribution in [2.45, 2.75) is 6.18 Å². The number of ether oxygens (including phenoxy) is 1. The van der Waals surface area contributed by atoms with Crippen molar-refractivity contribution < 1.29 is 22.7 Å². The molecule has 2 N–H and O–H groups in total. The maximum absolute atomic E-state index is 12.1. The van der Waals surface area contributed by atoms with Gasteiger partial charge in [0.15, 0.2) is 0 Å². The molecule has 0 aliphatic carbocycles. The number of halogens is 3. The van der Waals surface area contributed by atoms with Crippen LogP contribution >= 0.6 is 0 Å². The molecule has 0 saturated carbocycles. The molecule has 0 aliphatic rings. The predicted molar refractivity (Wildman–Crippen MR) is 47.1 cm³/mol. The molecule has 0 aromatic heterocycles. The molecule has 0 spiro atoms. The molecule has 6 heteroatoms. The van der Waals surface area contributed by atoms with Crippen molar-refractivity contribution in [3.05, 3.63) is 29.8 Å². The lowest BCUT2D eigenvalue weighted by molar-refractivity contribution is -0.137. The van der Waals surface area contributed by atoms with Gasteiger partial charge in [-0.3, -0.25) is 0 Å². The van der Waals surface area contributed by atoms with Gasteiger partial charge in [-0.1, -0.05) is 0 Å². The van der Waals surface area contributed by atoms with Gasteiger partial charge in [0.2, 0.25) is 0 Å². The highest BCUT2D eigenvalue weighted by atomic mass is 19.4. The van der Waals surface area contributed by atoms with Crippen LogP contribution in [0.3, 0.4) is 0 Å². The summed E-state index contributed by atoms with van der Waals surface area (Å²) in [4.78, 5) is 4.24. The van der Waals surface area contributed by atoms with Gasteiger partial charge in [-0.2, -0.15) is 13.2 Å². The van der Waals surface area contributed by atoms with Gasteiger partial charge in [0.05, 0.1) is 5.56 Å². The van der Waals surface area contributed by atoms with Crippen molar-refractivity contribution in [3.8, 4) is 5.75 Å². The van der Waals surface area contributed by atoms with Crippen LogP contribution < -0.4 is 10.6 Å². The standard InChI is InChI=1S/C9H10F3NO2/c10-9(11,12)7-1-3-8(4-2-7)14-5-6-15-13/h1-4H,5-6,13H2. The lowest BCUT2D eigenvalue weighted by Crippen LogP contribution is -2.10. The molecule has 0 bridgehead atoms. The fraction of sp³-hybridized carbons (Fsp3) is 0.333. The van der Waals surface area contributed by atoms with E-state index in [0.717, 1.165) is 12.1 Å². The number of rotatable bonds is 4. The zero-order chi connectivity index (χ0) is 11.3. The van der Waals surface area contributed by atoms with Crippen molar-refractivity contribution >= 4 is 0 Å². The number of alkyl halides is 3. The smallest absolute Gasteiger partial charge is 0.416 e. The largest absolute Gasteiger partial charge is 0.491 e. The summed E-state index contributed by atoms with van der Waals surface area (Å²) < 4.78 is 41.5. The minimum absolute atomic E-state index is 0.182. The Kier molecular flexibility index (Phi) is 3.93. The second-order valence-electron chi connectivity index (χ2n) is 2.74. The minimum atomic E-state index is -4.32. The second-order valence-corrected chi connectivity index (χ2v) is 2.74. The molecular weight excluding hydrogens is 211 g/mol. The fourth-order valence-electron chi connectivity index (χ4n) is 0.948. The summed E-state index contributed by atoms with van der Waals surface area (Å²) in [5, 5.41) is 0. The van der Waals surface area contributed by atoms with Crippen molar-refractivity contribution in [1.29, 1.82) is 0 Å². The summed E-state index contributed by atoms with van der Waals surface area (Å²) in [5.74, 6) is 5.09. The second kappa shape index (κ2) is 4.99. The molecule has 0 heterocycles. The van der Waals surface area contributed by atoms with Crippen molar-refractivity contribution in [3.63, 3.8) is 0 Å². The highest BCUT2D eigenvalue weighted by Gasteiger charge is 2.29. The van der Waals surface area contributed by atoms with Crippen LogP contribution in [-0.4, -0.2) is 13.2 Å². The summed E-state index contributed by atoms with van der Waals surface area (Å²) in [6, 6.07) is 4.41. The normalized spacial score (nSPS) is 11.5. The summed E-state index contributed by atoms with van der Waals surface area (Å²) in [5.41, 5.74) is -0.704. The van der Waals surface area contributed by atoms with Gasteiger partial charge >= 0.3 is 6.18 Å². The molecule has 0 fully saturated rings. The molecule has 1 aromatic carbocycles.